The van der Waals surface area contributed by atoms with Gasteiger partial charge in [-0.2, -0.15) is 10.5 Å². The van der Waals surface area contributed by atoms with E-state index in [1.165, 1.54) is 10.6 Å². The molecule has 0 aliphatic carbocycles. The number of rotatable bonds is 1. The minimum atomic E-state index is -0.368. The molecule has 6 heteroatoms. The summed E-state index contributed by atoms with van der Waals surface area (Å²) >= 11 is 0. The van der Waals surface area contributed by atoms with Gasteiger partial charge in [0.15, 0.2) is 5.82 Å². The van der Waals surface area contributed by atoms with Crippen LogP contribution in [-0.4, -0.2) is 15.3 Å². The molecule has 29 heavy (non-hydrogen) atoms. The predicted octanol–water partition coefficient (Wildman–Crippen LogP) is 3.34. The average molecular weight is 374 g/mol. The molecular formula is C23H10N4O2. The first-order valence-corrected chi connectivity index (χ1v) is 8.77. The van der Waals surface area contributed by atoms with E-state index in [1.807, 2.05) is 24.3 Å². The van der Waals surface area contributed by atoms with Gasteiger partial charge < -0.3 is 0 Å². The minimum Gasteiger partial charge on any atom is -0.285 e. The average Bonchev–Trinajstić information content (AvgIpc) is 3.05. The summed E-state index contributed by atoms with van der Waals surface area (Å²) in [4.78, 5) is 30.4. The maximum atomic E-state index is 13.2. The molecule has 0 N–H and O–H groups in total. The maximum absolute atomic E-state index is 13.2. The van der Waals surface area contributed by atoms with E-state index in [-0.39, 0.29) is 17.2 Å². The molecule has 1 aliphatic rings. The Hall–Kier alpha value is -4.55. The number of fused-ring (bicyclic) bond motifs is 4. The zero-order chi connectivity index (χ0) is 20.1. The Kier molecular flexibility index (Phi) is 3.43. The SMILES string of the molecule is N#Cc1ccc(-c2ccc3nc4n(c(=O)c3c2)-c2ccc(C#N)cc2C4=O)cc1. The van der Waals surface area contributed by atoms with Crippen molar-refractivity contribution < 1.29 is 4.79 Å². The molecule has 0 unspecified atom stereocenters. The molecule has 134 valence electrons. The number of hydrogen-bond acceptors (Lipinski definition) is 5. The summed E-state index contributed by atoms with van der Waals surface area (Å²) in [5.74, 6) is -0.314. The van der Waals surface area contributed by atoms with Crippen LogP contribution in [0.15, 0.2) is 65.5 Å². The van der Waals surface area contributed by atoms with Gasteiger partial charge in [-0.3, -0.25) is 14.2 Å². The van der Waals surface area contributed by atoms with E-state index in [2.05, 4.69) is 11.1 Å². The third-order valence-corrected chi connectivity index (χ3v) is 5.03. The van der Waals surface area contributed by atoms with E-state index in [0.29, 0.717) is 33.3 Å². The van der Waals surface area contributed by atoms with E-state index in [9.17, 15) is 9.59 Å². The summed E-state index contributed by atoms with van der Waals surface area (Å²) < 4.78 is 1.31. The highest BCUT2D eigenvalue weighted by Gasteiger charge is 2.30. The fourth-order valence-corrected chi connectivity index (χ4v) is 3.58. The van der Waals surface area contributed by atoms with Crippen LogP contribution in [0.1, 0.15) is 27.3 Å². The first-order chi connectivity index (χ1) is 14.1. The summed E-state index contributed by atoms with van der Waals surface area (Å²) in [5.41, 5.74) is 3.42. The van der Waals surface area contributed by atoms with Gasteiger partial charge in [-0.1, -0.05) is 18.2 Å². The zero-order valence-electron chi connectivity index (χ0n) is 14.9. The van der Waals surface area contributed by atoms with Crippen molar-refractivity contribution in [3.63, 3.8) is 0 Å². The first kappa shape index (κ1) is 16.6. The van der Waals surface area contributed by atoms with Crippen molar-refractivity contribution in [1.82, 2.24) is 9.55 Å². The van der Waals surface area contributed by atoms with Crippen LogP contribution in [0.4, 0.5) is 0 Å². The molecule has 0 atom stereocenters. The van der Waals surface area contributed by atoms with Gasteiger partial charge in [-0.05, 0) is 53.6 Å². The predicted molar refractivity (Wildman–Crippen MR) is 106 cm³/mol. The van der Waals surface area contributed by atoms with Gasteiger partial charge in [0, 0.05) is 0 Å². The fourth-order valence-electron chi connectivity index (χ4n) is 3.58. The van der Waals surface area contributed by atoms with Crippen LogP contribution in [0.25, 0.3) is 27.7 Å². The second-order valence-corrected chi connectivity index (χ2v) is 6.67. The molecule has 0 spiro atoms. The summed E-state index contributed by atoms with van der Waals surface area (Å²) in [6.45, 7) is 0. The minimum absolute atomic E-state index is 0.0544. The van der Waals surface area contributed by atoms with Crippen molar-refractivity contribution in [2.45, 2.75) is 0 Å². The van der Waals surface area contributed by atoms with E-state index in [4.69, 9.17) is 10.5 Å². The first-order valence-electron chi connectivity index (χ1n) is 8.77. The molecule has 3 aromatic carbocycles. The number of carbonyl (C=O) groups excluding carboxylic acids is 1. The Bertz CT molecular complexity index is 1500. The summed E-state index contributed by atoms with van der Waals surface area (Å²) in [5, 5.41) is 18.4. The Morgan fingerprint density at radius 3 is 2.21 bits per heavy atom. The molecule has 5 rings (SSSR count). The largest absolute Gasteiger partial charge is 0.285 e. The molecular weight excluding hydrogens is 364 g/mol. The lowest BCUT2D eigenvalue weighted by atomic mass is 10.0. The standard InChI is InChI=1S/C23H10N4O2/c24-11-13-1-4-15(5-2-13)16-6-7-19-17(10-16)23(29)27-20-8-3-14(12-25)9-18(20)21(28)22(27)26-19/h1-10H. The molecule has 0 bridgehead atoms. The highest BCUT2D eigenvalue weighted by Crippen LogP contribution is 2.28. The van der Waals surface area contributed by atoms with Crippen LogP contribution in [0, 0.1) is 22.7 Å². The van der Waals surface area contributed by atoms with Gasteiger partial charge in [-0.15, -0.1) is 0 Å². The van der Waals surface area contributed by atoms with Gasteiger partial charge in [0.1, 0.15) is 0 Å². The van der Waals surface area contributed by atoms with Crippen molar-refractivity contribution in [2.24, 2.45) is 0 Å². The molecule has 6 nitrogen and oxygen atoms in total. The summed E-state index contributed by atoms with van der Waals surface area (Å²) in [6.07, 6.45) is 0. The molecule has 1 aliphatic heterocycles. The van der Waals surface area contributed by atoms with Crippen LogP contribution in [0.5, 0.6) is 0 Å². The summed E-state index contributed by atoms with van der Waals surface area (Å²) in [6, 6.07) is 21.1. The quantitative estimate of drug-likeness (QED) is 0.448. The molecule has 4 aromatic rings. The van der Waals surface area contributed by atoms with Crippen LogP contribution in [0.2, 0.25) is 0 Å². The number of carbonyl (C=O) groups is 1. The van der Waals surface area contributed by atoms with Crippen molar-refractivity contribution in [3.8, 4) is 29.0 Å². The number of ketones is 1. The zero-order valence-corrected chi connectivity index (χ0v) is 14.9. The van der Waals surface area contributed by atoms with Crippen LogP contribution in [0.3, 0.4) is 0 Å². The lowest BCUT2D eigenvalue weighted by Crippen LogP contribution is -2.21. The Morgan fingerprint density at radius 1 is 0.793 bits per heavy atom. The van der Waals surface area contributed by atoms with Gasteiger partial charge in [0.25, 0.3) is 5.56 Å². The molecule has 0 fully saturated rings. The molecule has 0 saturated carbocycles. The van der Waals surface area contributed by atoms with Crippen molar-refractivity contribution in [2.75, 3.05) is 0 Å². The number of benzene rings is 3. The number of nitriles is 2. The lowest BCUT2D eigenvalue weighted by molar-refractivity contribution is 0.103. The van der Waals surface area contributed by atoms with E-state index in [1.54, 1.807) is 36.4 Å². The molecule has 2 heterocycles. The highest BCUT2D eigenvalue weighted by molar-refractivity contribution is 6.13. The number of aromatic nitrogens is 2. The van der Waals surface area contributed by atoms with Crippen molar-refractivity contribution in [3.05, 3.63) is 93.5 Å². The van der Waals surface area contributed by atoms with Gasteiger partial charge in [-0.25, -0.2) is 4.98 Å². The van der Waals surface area contributed by atoms with Crippen LogP contribution >= 0.6 is 0 Å². The maximum Gasteiger partial charge on any atom is 0.266 e. The van der Waals surface area contributed by atoms with Gasteiger partial charge in [0.05, 0.1) is 45.4 Å². The molecule has 1 aromatic heterocycles. The molecule has 0 radical (unpaired) electrons. The lowest BCUT2D eigenvalue weighted by Gasteiger charge is -2.08. The van der Waals surface area contributed by atoms with Crippen LogP contribution < -0.4 is 5.56 Å². The van der Waals surface area contributed by atoms with E-state index in [0.717, 1.165) is 11.1 Å². The summed E-state index contributed by atoms with van der Waals surface area (Å²) in [7, 11) is 0. The van der Waals surface area contributed by atoms with Gasteiger partial charge >= 0.3 is 0 Å². The highest BCUT2D eigenvalue weighted by atomic mass is 16.1. The smallest absolute Gasteiger partial charge is 0.266 e. The fraction of sp³-hybridized carbons (Fsp3) is 0. The van der Waals surface area contributed by atoms with Gasteiger partial charge in [0.2, 0.25) is 5.78 Å². The third-order valence-electron chi connectivity index (χ3n) is 5.03. The number of hydrogen-bond donors (Lipinski definition) is 0. The Balaban J connectivity index is 1.74. The molecule has 0 amide bonds. The van der Waals surface area contributed by atoms with Crippen molar-refractivity contribution >= 4 is 16.7 Å². The number of nitrogens with zero attached hydrogens (tertiary/aromatic N) is 4. The normalized spacial score (nSPS) is 11.6. The second kappa shape index (κ2) is 5.98. The second-order valence-electron chi connectivity index (χ2n) is 6.67. The Labute approximate surface area is 164 Å². The monoisotopic (exact) mass is 374 g/mol. The van der Waals surface area contributed by atoms with Crippen LogP contribution in [-0.2, 0) is 0 Å². The topological polar surface area (TPSA) is 99.5 Å². The molecule has 0 saturated heterocycles. The Morgan fingerprint density at radius 2 is 1.48 bits per heavy atom. The van der Waals surface area contributed by atoms with E-state index >= 15 is 0 Å². The third kappa shape index (κ3) is 2.37. The van der Waals surface area contributed by atoms with E-state index < -0.39 is 0 Å². The van der Waals surface area contributed by atoms with Crippen molar-refractivity contribution in [1.29, 1.82) is 10.5 Å².